The quantitative estimate of drug-likeness (QED) is 0.579. The largest absolute Gasteiger partial charge is 0.463 e. The Morgan fingerprint density at radius 2 is 2.21 bits per heavy atom. The fraction of sp³-hybridized carbons (Fsp3) is 0.588. The molecule has 0 spiro atoms. The van der Waals surface area contributed by atoms with Gasteiger partial charge in [-0.3, -0.25) is 4.68 Å². The first-order chi connectivity index (χ1) is 11.4. The highest BCUT2D eigenvalue weighted by Crippen LogP contribution is 2.21. The highest BCUT2D eigenvalue weighted by molar-refractivity contribution is 5.89. The average Bonchev–Trinajstić information content (AvgIpc) is 3.13. The predicted molar refractivity (Wildman–Crippen MR) is 87.2 cm³/mol. The number of ether oxygens (including phenoxy) is 3. The summed E-state index contributed by atoms with van der Waals surface area (Å²) in [6.45, 7) is 6.70. The van der Waals surface area contributed by atoms with E-state index in [9.17, 15) is 9.59 Å². The molecule has 2 heterocycles. The molecule has 1 saturated heterocycles. The second-order valence-corrected chi connectivity index (χ2v) is 5.77. The van der Waals surface area contributed by atoms with Crippen LogP contribution in [0.4, 0.5) is 0 Å². The average molecular weight is 336 g/mol. The topological polar surface area (TPSA) is 79.7 Å². The summed E-state index contributed by atoms with van der Waals surface area (Å²) in [5.74, 6) is -1.27. The molecule has 0 unspecified atom stereocenters. The van der Waals surface area contributed by atoms with Crippen LogP contribution in [0, 0.1) is 19.8 Å². The Labute approximate surface area is 141 Å². The van der Waals surface area contributed by atoms with Crippen LogP contribution in [0.5, 0.6) is 0 Å². The van der Waals surface area contributed by atoms with Crippen molar-refractivity contribution in [2.45, 2.75) is 33.3 Å². The summed E-state index contributed by atoms with van der Waals surface area (Å²) < 4.78 is 17.4. The zero-order chi connectivity index (χ0) is 17.7. The molecule has 7 heteroatoms. The van der Waals surface area contributed by atoms with E-state index in [1.807, 2.05) is 20.9 Å². The van der Waals surface area contributed by atoms with Crippen LogP contribution in [0.1, 0.15) is 30.3 Å². The molecule has 1 aliphatic heterocycles. The van der Waals surface area contributed by atoms with E-state index in [1.165, 1.54) is 6.08 Å². The molecule has 1 aliphatic rings. The third-order valence-electron chi connectivity index (χ3n) is 4.11. The van der Waals surface area contributed by atoms with Gasteiger partial charge in [-0.25, -0.2) is 9.59 Å². The van der Waals surface area contributed by atoms with Gasteiger partial charge in [0.15, 0.2) is 0 Å². The standard InChI is InChI=1S/C17H24N2O5/c1-5-23-17(21)16(13-8-9-22-10-13)24-15(20)7-6-14-11(2)18-19(4)12(14)3/h6-7,13,16H,5,8-10H2,1-4H3/b7-6-/t13-,16+/m0/s1. The molecule has 2 rings (SSSR count). The maximum Gasteiger partial charge on any atom is 0.347 e. The van der Waals surface area contributed by atoms with E-state index in [0.717, 1.165) is 17.0 Å². The summed E-state index contributed by atoms with van der Waals surface area (Å²) in [4.78, 5) is 24.2. The maximum absolute atomic E-state index is 12.1. The summed E-state index contributed by atoms with van der Waals surface area (Å²) in [5.41, 5.74) is 2.64. The fourth-order valence-corrected chi connectivity index (χ4v) is 2.70. The summed E-state index contributed by atoms with van der Waals surface area (Å²) in [5, 5.41) is 4.29. The van der Waals surface area contributed by atoms with E-state index >= 15 is 0 Å². The zero-order valence-corrected chi connectivity index (χ0v) is 14.6. The van der Waals surface area contributed by atoms with Crippen molar-refractivity contribution in [1.82, 2.24) is 9.78 Å². The number of esters is 2. The Kier molecular flexibility index (Phi) is 6.14. The van der Waals surface area contributed by atoms with Gasteiger partial charge in [0.25, 0.3) is 0 Å². The van der Waals surface area contributed by atoms with Gasteiger partial charge in [-0.2, -0.15) is 5.10 Å². The predicted octanol–water partition coefficient (Wildman–Crippen LogP) is 1.56. The maximum atomic E-state index is 12.1. The van der Waals surface area contributed by atoms with Crippen molar-refractivity contribution >= 4 is 18.0 Å². The number of aromatic nitrogens is 2. The lowest BCUT2D eigenvalue weighted by Gasteiger charge is -2.20. The minimum absolute atomic E-state index is 0.164. The Balaban J connectivity index is 2.06. The van der Waals surface area contributed by atoms with Crippen LogP contribution >= 0.6 is 0 Å². The summed E-state index contributed by atoms with van der Waals surface area (Å²) >= 11 is 0. The molecule has 0 bridgehead atoms. The smallest absolute Gasteiger partial charge is 0.347 e. The highest BCUT2D eigenvalue weighted by atomic mass is 16.6. The van der Waals surface area contributed by atoms with Crippen LogP contribution in [0.2, 0.25) is 0 Å². The number of nitrogens with zero attached hydrogens (tertiary/aromatic N) is 2. The van der Waals surface area contributed by atoms with Gasteiger partial charge >= 0.3 is 11.9 Å². The first kappa shape index (κ1) is 18.2. The third kappa shape index (κ3) is 4.23. The van der Waals surface area contributed by atoms with E-state index in [-0.39, 0.29) is 12.5 Å². The fourth-order valence-electron chi connectivity index (χ4n) is 2.70. The van der Waals surface area contributed by atoms with Crippen molar-refractivity contribution in [2.75, 3.05) is 19.8 Å². The first-order valence-corrected chi connectivity index (χ1v) is 8.07. The van der Waals surface area contributed by atoms with Gasteiger partial charge in [0.1, 0.15) is 0 Å². The van der Waals surface area contributed by atoms with Gasteiger partial charge in [-0.05, 0) is 33.3 Å². The van der Waals surface area contributed by atoms with Crippen molar-refractivity contribution in [3.05, 3.63) is 23.0 Å². The minimum Gasteiger partial charge on any atom is -0.463 e. The normalized spacial score (nSPS) is 18.8. The second kappa shape index (κ2) is 8.10. The van der Waals surface area contributed by atoms with Crippen molar-refractivity contribution in [2.24, 2.45) is 13.0 Å². The van der Waals surface area contributed by atoms with E-state index in [0.29, 0.717) is 19.6 Å². The molecular formula is C17H24N2O5. The van der Waals surface area contributed by atoms with E-state index in [1.54, 1.807) is 17.7 Å². The van der Waals surface area contributed by atoms with E-state index < -0.39 is 18.0 Å². The van der Waals surface area contributed by atoms with Crippen LogP contribution in [-0.4, -0.2) is 47.6 Å². The van der Waals surface area contributed by atoms with E-state index in [2.05, 4.69) is 5.10 Å². The number of hydrogen-bond donors (Lipinski definition) is 0. The van der Waals surface area contributed by atoms with E-state index in [4.69, 9.17) is 14.2 Å². The van der Waals surface area contributed by atoms with Crippen LogP contribution in [0.25, 0.3) is 6.08 Å². The molecule has 0 amide bonds. The molecule has 24 heavy (non-hydrogen) atoms. The van der Waals surface area contributed by atoms with Crippen molar-refractivity contribution in [1.29, 1.82) is 0 Å². The Hall–Kier alpha value is -2.15. The van der Waals surface area contributed by atoms with Crippen molar-refractivity contribution in [3.63, 3.8) is 0 Å². The molecule has 132 valence electrons. The summed E-state index contributed by atoms with van der Waals surface area (Å²) in [6.07, 6.45) is 2.72. The van der Waals surface area contributed by atoms with Gasteiger partial charge in [0, 0.05) is 36.9 Å². The van der Waals surface area contributed by atoms with Gasteiger partial charge in [0.05, 0.1) is 18.9 Å². The molecule has 2 atom stereocenters. The lowest BCUT2D eigenvalue weighted by Crippen LogP contribution is -2.36. The zero-order valence-electron chi connectivity index (χ0n) is 14.6. The molecule has 1 aromatic heterocycles. The molecule has 0 aromatic carbocycles. The molecule has 1 aromatic rings. The molecule has 0 N–H and O–H groups in total. The van der Waals surface area contributed by atoms with Gasteiger partial charge < -0.3 is 14.2 Å². The molecule has 7 nitrogen and oxygen atoms in total. The monoisotopic (exact) mass is 336 g/mol. The number of carbonyl (C=O) groups is 2. The number of aryl methyl sites for hydroxylation is 2. The summed E-state index contributed by atoms with van der Waals surface area (Å²) in [7, 11) is 1.84. The van der Waals surface area contributed by atoms with Crippen LogP contribution in [0.3, 0.4) is 0 Å². The first-order valence-electron chi connectivity index (χ1n) is 8.07. The van der Waals surface area contributed by atoms with Crippen LogP contribution < -0.4 is 0 Å². The molecular weight excluding hydrogens is 312 g/mol. The molecule has 0 saturated carbocycles. The Morgan fingerprint density at radius 3 is 2.75 bits per heavy atom. The van der Waals surface area contributed by atoms with Crippen LogP contribution in [-0.2, 0) is 30.8 Å². The number of rotatable bonds is 6. The lowest BCUT2D eigenvalue weighted by molar-refractivity contribution is -0.168. The summed E-state index contributed by atoms with van der Waals surface area (Å²) in [6, 6.07) is 0. The lowest BCUT2D eigenvalue weighted by atomic mass is 10.0. The van der Waals surface area contributed by atoms with Crippen molar-refractivity contribution in [3.8, 4) is 0 Å². The molecule has 0 radical (unpaired) electrons. The second-order valence-electron chi connectivity index (χ2n) is 5.77. The minimum atomic E-state index is -0.930. The Morgan fingerprint density at radius 1 is 1.46 bits per heavy atom. The Bertz CT molecular complexity index is 629. The molecule has 0 aliphatic carbocycles. The highest BCUT2D eigenvalue weighted by Gasteiger charge is 2.35. The van der Waals surface area contributed by atoms with Crippen LogP contribution in [0.15, 0.2) is 6.08 Å². The van der Waals surface area contributed by atoms with Gasteiger partial charge in [-0.15, -0.1) is 0 Å². The van der Waals surface area contributed by atoms with Gasteiger partial charge in [0.2, 0.25) is 6.10 Å². The number of hydrogen-bond acceptors (Lipinski definition) is 6. The SMILES string of the molecule is CCOC(=O)[C@H](OC(=O)/C=C\c1c(C)nn(C)c1C)[C@H]1CCOC1. The van der Waals surface area contributed by atoms with Gasteiger partial charge in [-0.1, -0.05) is 0 Å². The number of carbonyl (C=O) groups excluding carboxylic acids is 2. The van der Waals surface area contributed by atoms with Crippen molar-refractivity contribution < 1.29 is 23.8 Å². The third-order valence-corrected chi connectivity index (χ3v) is 4.11. The molecule has 1 fully saturated rings.